The van der Waals surface area contributed by atoms with Crippen LogP contribution in [0.1, 0.15) is 18.3 Å². The van der Waals surface area contributed by atoms with Crippen LogP contribution in [0.3, 0.4) is 0 Å². The van der Waals surface area contributed by atoms with Gasteiger partial charge in [-0.1, -0.05) is 0 Å². The van der Waals surface area contributed by atoms with Crippen LogP contribution >= 0.6 is 0 Å². The average Bonchev–Trinajstić information content (AvgIpc) is 2.84. The molecule has 0 spiro atoms. The van der Waals surface area contributed by atoms with Gasteiger partial charge in [0, 0.05) is 12.1 Å². The van der Waals surface area contributed by atoms with Gasteiger partial charge in [0.15, 0.2) is 23.0 Å². The lowest BCUT2D eigenvalue weighted by Crippen LogP contribution is -2.04. The molecule has 20 heavy (non-hydrogen) atoms. The van der Waals surface area contributed by atoms with Gasteiger partial charge in [0.2, 0.25) is 0 Å². The number of ether oxygens (including phenoxy) is 1. The molecule has 0 saturated heterocycles. The molecule has 0 fully saturated rings. The van der Waals surface area contributed by atoms with Crippen LogP contribution in [0.2, 0.25) is 0 Å². The molecule has 1 aromatic heterocycles. The Morgan fingerprint density at radius 3 is 2.75 bits per heavy atom. The van der Waals surface area contributed by atoms with E-state index in [2.05, 4.69) is 4.98 Å². The van der Waals surface area contributed by atoms with E-state index in [1.807, 2.05) is 6.07 Å². The van der Waals surface area contributed by atoms with E-state index in [1.54, 1.807) is 13.0 Å². The van der Waals surface area contributed by atoms with Gasteiger partial charge in [-0.15, -0.1) is 0 Å². The quantitative estimate of drug-likeness (QED) is 0.857. The highest BCUT2D eigenvalue weighted by molar-refractivity contribution is 5.63. The van der Waals surface area contributed by atoms with Crippen molar-refractivity contribution < 1.29 is 9.13 Å². The number of hydrogen-bond donors (Lipinski definition) is 1. The summed E-state index contributed by atoms with van der Waals surface area (Å²) in [6.45, 7) is 2.01. The first-order chi connectivity index (χ1) is 9.62. The van der Waals surface area contributed by atoms with Crippen molar-refractivity contribution in [1.29, 1.82) is 10.5 Å². The molecule has 6 nitrogen and oxygen atoms in total. The Bertz CT molecular complexity index is 738. The Hall–Kier alpha value is -3.06. The first-order valence-corrected chi connectivity index (χ1v) is 5.72. The summed E-state index contributed by atoms with van der Waals surface area (Å²) in [4.78, 5) is 3.81. The van der Waals surface area contributed by atoms with E-state index >= 15 is 0 Å². The molecule has 100 valence electrons. The van der Waals surface area contributed by atoms with Crippen molar-refractivity contribution in [2.75, 3.05) is 12.3 Å². The molecule has 0 aliphatic carbocycles. The Labute approximate surface area is 114 Å². The number of imidazole rings is 1. The van der Waals surface area contributed by atoms with Crippen molar-refractivity contribution in [2.45, 2.75) is 6.92 Å². The van der Waals surface area contributed by atoms with Crippen molar-refractivity contribution in [1.82, 2.24) is 9.55 Å². The van der Waals surface area contributed by atoms with Gasteiger partial charge < -0.3 is 10.5 Å². The molecule has 7 heteroatoms. The minimum atomic E-state index is -0.591. The van der Waals surface area contributed by atoms with Crippen LogP contribution in [-0.2, 0) is 0 Å². The van der Waals surface area contributed by atoms with E-state index in [0.717, 1.165) is 6.07 Å². The molecule has 0 amide bonds. The summed E-state index contributed by atoms with van der Waals surface area (Å²) < 4.78 is 20.1. The molecular formula is C13H10FN5O. The van der Waals surface area contributed by atoms with Gasteiger partial charge in [-0.2, -0.15) is 10.5 Å². The third-order valence-electron chi connectivity index (χ3n) is 2.62. The smallest absolute Gasteiger partial charge is 0.177 e. The summed E-state index contributed by atoms with van der Waals surface area (Å²) in [7, 11) is 0. The minimum Gasteiger partial charge on any atom is -0.491 e. The van der Waals surface area contributed by atoms with Crippen LogP contribution in [-0.4, -0.2) is 16.2 Å². The number of anilines is 1. The highest BCUT2D eigenvalue weighted by Crippen LogP contribution is 2.28. The predicted octanol–water partition coefficient (Wildman–Crippen LogP) is 1.74. The Kier molecular flexibility index (Phi) is 3.54. The van der Waals surface area contributed by atoms with Gasteiger partial charge in [0.1, 0.15) is 18.5 Å². The number of aromatic nitrogens is 2. The summed E-state index contributed by atoms with van der Waals surface area (Å²) in [5.74, 6) is -0.569. The minimum absolute atomic E-state index is 0.0193. The zero-order chi connectivity index (χ0) is 14.7. The van der Waals surface area contributed by atoms with E-state index < -0.39 is 5.82 Å². The number of nitrogens with two attached hydrogens (primary N) is 1. The maximum atomic E-state index is 13.6. The first kappa shape index (κ1) is 13.4. The maximum absolute atomic E-state index is 13.6. The number of halogens is 1. The van der Waals surface area contributed by atoms with Crippen LogP contribution in [0.5, 0.6) is 5.75 Å². The number of rotatable bonds is 3. The molecule has 0 aliphatic heterocycles. The van der Waals surface area contributed by atoms with Crippen LogP contribution < -0.4 is 10.5 Å². The fraction of sp³-hybridized carbons (Fsp3) is 0.154. The first-order valence-electron chi connectivity index (χ1n) is 5.72. The predicted molar refractivity (Wildman–Crippen MR) is 68.5 cm³/mol. The molecular weight excluding hydrogens is 261 g/mol. The van der Waals surface area contributed by atoms with E-state index in [1.165, 1.54) is 17.0 Å². The summed E-state index contributed by atoms with van der Waals surface area (Å²) >= 11 is 0. The molecule has 0 atom stereocenters. The average molecular weight is 271 g/mol. The van der Waals surface area contributed by atoms with Gasteiger partial charge in [0.25, 0.3) is 0 Å². The standard InChI is InChI=1S/C13H10FN5O/c1-2-20-13-4-11(9(17)3-8(13)14)19-7-18-10(5-15)12(19)6-16/h3-4,7H,2,17H2,1H3. The monoisotopic (exact) mass is 271 g/mol. The maximum Gasteiger partial charge on any atom is 0.177 e. The number of nitrogens with zero attached hydrogens (tertiary/aromatic N) is 4. The van der Waals surface area contributed by atoms with Crippen LogP contribution in [0.25, 0.3) is 5.69 Å². The van der Waals surface area contributed by atoms with Gasteiger partial charge in [-0.25, -0.2) is 9.37 Å². The molecule has 0 radical (unpaired) electrons. The van der Waals surface area contributed by atoms with Crippen molar-refractivity contribution >= 4 is 5.69 Å². The number of nitriles is 2. The van der Waals surface area contributed by atoms with Crippen LogP contribution in [0.4, 0.5) is 10.1 Å². The third-order valence-corrected chi connectivity index (χ3v) is 2.62. The molecule has 1 heterocycles. The molecule has 1 aromatic carbocycles. The molecule has 0 aliphatic rings. The van der Waals surface area contributed by atoms with E-state index in [-0.39, 0.29) is 22.8 Å². The van der Waals surface area contributed by atoms with Gasteiger partial charge in [-0.3, -0.25) is 4.57 Å². The van der Waals surface area contributed by atoms with E-state index in [0.29, 0.717) is 12.3 Å². The molecule has 0 unspecified atom stereocenters. The second-order valence-electron chi connectivity index (χ2n) is 3.81. The normalized spacial score (nSPS) is 9.80. The molecule has 0 bridgehead atoms. The lowest BCUT2D eigenvalue weighted by Gasteiger charge is -2.11. The lowest BCUT2D eigenvalue weighted by atomic mass is 10.2. The SMILES string of the molecule is CCOc1cc(-n2cnc(C#N)c2C#N)c(N)cc1F. The fourth-order valence-electron chi connectivity index (χ4n) is 1.75. The van der Waals surface area contributed by atoms with Gasteiger partial charge in [-0.05, 0) is 6.92 Å². The molecule has 2 rings (SSSR count). The van der Waals surface area contributed by atoms with Crippen LogP contribution in [0.15, 0.2) is 18.5 Å². The Morgan fingerprint density at radius 2 is 2.15 bits per heavy atom. The summed E-state index contributed by atoms with van der Waals surface area (Å²) in [5.41, 5.74) is 6.22. The Morgan fingerprint density at radius 1 is 1.40 bits per heavy atom. The van der Waals surface area contributed by atoms with Crippen molar-refractivity contribution in [2.24, 2.45) is 0 Å². The van der Waals surface area contributed by atoms with Crippen molar-refractivity contribution in [3.63, 3.8) is 0 Å². The van der Waals surface area contributed by atoms with Crippen molar-refractivity contribution in [3.05, 3.63) is 35.7 Å². The molecule has 2 aromatic rings. The molecule has 0 saturated carbocycles. The highest BCUT2D eigenvalue weighted by atomic mass is 19.1. The van der Waals surface area contributed by atoms with Crippen LogP contribution in [0, 0.1) is 28.5 Å². The second-order valence-corrected chi connectivity index (χ2v) is 3.81. The van der Waals surface area contributed by atoms with Gasteiger partial charge in [0.05, 0.1) is 18.0 Å². The zero-order valence-electron chi connectivity index (χ0n) is 10.6. The second kappa shape index (κ2) is 5.29. The Balaban J connectivity index is 2.65. The van der Waals surface area contributed by atoms with Gasteiger partial charge >= 0.3 is 0 Å². The highest BCUT2D eigenvalue weighted by Gasteiger charge is 2.16. The summed E-state index contributed by atoms with van der Waals surface area (Å²) in [6, 6.07) is 6.16. The van der Waals surface area contributed by atoms with E-state index in [4.69, 9.17) is 21.0 Å². The number of nitrogen functional groups attached to an aromatic ring is 1. The largest absolute Gasteiger partial charge is 0.491 e. The molecule has 2 N–H and O–H groups in total. The topological polar surface area (TPSA) is 101 Å². The fourth-order valence-corrected chi connectivity index (χ4v) is 1.75. The summed E-state index contributed by atoms with van der Waals surface area (Å²) in [6.07, 6.45) is 1.29. The summed E-state index contributed by atoms with van der Waals surface area (Å²) in [5, 5.41) is 18.0. The zero-order valence-corrected chi connectivity index (χ0v) is 10.6. The number of benzene rings is 1. The van der Waals surface area contributed by atoms with Crippen molar-refractivity contribution in [3.8, 4) is 23.6 Å². The number of hydrogen-bond acceptors (Lipinski definition) is 5. The third kappa shape index (κ3) is 2.13. The lowest BCUT2D eigenvalue weighted by molar-refractivity contribution is 0.321. The van der Waals surface area contributed by atoms with E-state index in [9.17, 15) is 4.39 Å².